The van der Waals surface area contributed by atoms with Crippen LogP contribution in [-0.4, -0.2) is 92.7 Å². The molecule has 128 heavy (non-hydrogen) atoms. The molecular weight excluding hydrogens is 1590 g/mol. The number of nitrogens with zero attached hydrogens (tertiary/aromatic N) is 6. The van der Waals surface area contributed by atoms with E-state index in [0.29, 0.717) is 145 Å². The molecule has 0 spiro atoms. The van der Waals surface area contributed by atoms with Crippen LogP contribution in [0.3, 0.4) is 0 Å². The molecule has 0 aliphatic carbocycles. The van der Waals surface area contributed by atoms with E-state index in [9.17, 15) is 0 Å². The van der Waals surface area contributed by atoms with Gasteiger partial charge in [-0.2, -0.15) is 0 Å². The molecular formula is C112H178N8O8. The fraction of sp³-hybridized carbons (Fsp3) is 0.714. The van der Waals surface area contributed by atoms with E-state index in [-0.39, 0.29) is 0 Å². The summed E-state index contributed by atoms with van der Waals surface area (Å²) >= 11 is 0. The molecule has 16 nitrogen and oxygen atoms in total. The van der Waals surface area contributed by atoms with Crippen LogP contribution in [0, 0.1) is 0 Å². The van der Waals surface area contributed by atoms with Gasteiger partial charge in [0.2, 0.25) is 0 Å². The van der Waals surface area contributed by atoms with Crippen molar-refractivity contribution in [3.8, 4) is 91.5 Å². The van der Waals surface area contributed by atoms with Gasteiger partial charge in [0.15, 0.2) is 69.3 Å². The van der Waals surface area contributed by atoms with Gasteiger partial charge in [-0.3, -0.25) is 0 Å². The molecule has 0 fully saturated rings. The first-order valence-corrected chi connectivity index (χ1v) is 53.9. The van der Waals surface area contributed by atoms with E-state index >= 15 is 0 Å². The standard InChI is InChI=1S/C112H178N8O8/c1-9-17-25-33-41-49-57-65-73-121-97-81-89-90(82-98(97)122-74-66-58-50-42-34-26-18-10-2)106-113-105(89)117-107-91-83-99(123-75-67-59-51-43-35-27-19-11-3)100(124-76-68-60-52-44-36-28-20-12-4)84-92(91)109(114-107)119-111-95-87-103(127-79-71-63-55-47-39-31-23-15-7)104(128-80-72-64-56-48-40-32-24-16-8)88-96(95)112(116-111)120-110-94-86-102(126-78-70-62-54-46-38-30-22-14-6)101(85-93(94)108(115-110)118-106)125-77-69-61-53-45-37-29-21-13-5/h81-88H,9-80H2,1-8H3,(H2,113,114,115,116,117,118,119,120). The summed E-state index contributed by atoms with van der Waals surface area (Å²) in [6.07, 6.45) is 77.0. The maximum atomic E-state index is 7.01. The van der Waals surface area contributed by atoms with Crippen molar-refractivity contribution in [2.24, 2.45) is 0 Å². The van der Waals surface area contributed by atoms with Gasteiger partial charge in [-0.15, -0.1) is 0 Å². The number of rotatable bonds is 80. The lowest BCUT2D eigenvalue weighted by atomic mass is 10.1. The number of unbranched alkanes of at least 4 members (excludes halogenated alkanes) is 56. The molecule has 0 radical (unpaired) electrons. The Morgan fingerprint density at radius 1 is 0.156 bits per heavy atom. The Labute approximate surface area is 776 Å². The highest BCUT2D eigenvalue weighted by Crippen LogP contribution is 2.47. The zero-order chi connectivity index (χ0) is 89.7. The number of aromatic nitrogens is 8. The minimum atomic E-state index is 0.479. The second-order valence-electron chi connectivity index (χ2n) is 37.6. The third-order valence-electron chi connectivity index (χ3n) is 26.1. The van der Waals surface area contributed by atoms with Crippen LogP contribution in [0.5, 0.6) is 46.0 Å². The van der Waals surface area contributed by atoms with Crippen molar-refractivity contribution in [1.29, 1.82) is 0 Å². The number of H-pyrrole nitrogens is 2. The monoisotopic (exact) mass is 1760 g/mol. The highest BCUT2D eigenvalue weighted by atomic mass is 16.5. The van der Waals surface area contributed by atoms with Crippen LogP contribution in [0.2, 0.25) is 0 Å². The minimum Gasteiger partial charge on any atom is -0.490 e. The number of aromatic amines is 2. The Hall–Kier alpha value is -7.36. The molecule has 0 atom stereocenters. The molecule has 4 aromatic carbocycles. The van der Waals surface area contributed by atoms with Gasteiger partial charge in [0.1, 0.15) is 22.6 Å². The van der Waals surface area contributed by atoms with Crippen LogP contribution in [0.1, 0.15) is 466 Å². The molecule has 5 heterocycles. The zero-order valence-corrected chi connectivity index (χ0v) is 82.5. The Morgan fingerprint density at radius 3 is 0.422 bits per heavy atom. The average molecular weight is 1760 g/mol. The van der Waals surface area contributed by atoms with Crippen LogP contribution < -0.4 is 37.9 Å². The molecule has 7 aromatic rings. The Balaban J connectivity index is 1.28. The van der Waals surface area contributed by atoms with Gasteiger partial charge in [0, 0.05) is 43.8 Å². The molecule has 2 aliphatic rings. The average Bonchev–Trinajstić information content (AvgIpc) is 1.59. The van der Waals surface area contributed by atoms with Crippen molar-refractivity contribution in [3.05, 3.63) is 48.5 Å². The predicted octanol–water partition coefficient (Wildman–Crippen LogP) is 35.0. The second-order valence-corrected chi connectivity index (χ2v) is 37.6. The van der Waals surface area contributed by atoms with E-state index in [4.69, 9.17) is 67.8 Å². The van der Waals surface area contributed by atoms with Crippen molar-refractivity contribution >= 4 is 44.1 Å². The first-order valence-electron chi connectivity index (χ1n) is 53.9. The third-order valence-corrected chi connectivity index (χ3v) is 26.1. The van der Waals surface area contributed by atoms with Crippen molar-refractivity contribution < 1.29 is 37.9 Å². The Morgan fingerprint density at radius 2 is 0.281 bits per heavy atom. The molecule has 16 heteroatoms. The topological polar surface area (TPSA) is 183 Å². The van der Waals surface area contributed by atoms with Crippen LogP contribution in [0.4, 0.5) is 0 Å². The first kappa shape index (κ1) is 104. The second kappa shape index (κ2) is 65.3. The number of ether oxygens (including phenoxy) is 8. The summed E-state index contributed by atoms with van der Waals surface area (Å²) in [7, 11) is 0. The molecule has 9 rings (SSSR count). The number of nitrogens with one attached hydrogen (secondary N) is 2. The van der Waals surface area contributed by atoms with Crippen LogP contribution in [0.25, 0.3) is 89.7 Å². The number of fused-ring (bicyclic) bond motifs is 20. The fourth-order valence-corrected chi connectivity index (χ4v) is 18.1. The van der Waals surface area contributed by atoms with Crippen LogP contribution >= 0.6 is 0 Å². The van der Waals surface area contributed by atoms with Crippen LogP contribution in [-0.2, 0) is 0 Å². The molecule has 0 saturated carbocycles. The summed E-state index contributed by atoms with van der Waals surface area (Å²) in [4.78, 5) is 42.0. The molecule has 8 bridgehead atoms. The summed E-state index contributed by atoms with van der Waals surface area (Å²) in [6.45, 7) is 22.8. The van der Waals surface area contributed by atoms with Gasteiger partial charge in [-0.1, -0.05) is 415 Å². The normalized spacial score (nSPS) is 11.8. The summed E-state index contributed by atoms with van der Waals surface area (Å²) in [5.41, 5.74) is 5.42. The molecule has 3 aromatic heterocycles. The Bertz CT molecular complexity index is 3780. The predicted molar refractivity (Wildman–Crippen MR) is 541 cm³/mol. The highest BCUT2D eigenvalue weighted by molar-refractivity contribution is 6.08. The maximum Gasteiger partial charge on any atom is 0.164 e. The Kier molecular flexibility index (Phi) is 53.2. The maximum absolute atomic E-state index is 7.01. The van der Waals surface area contributed by atoms with E-state index in [2.05, 4.69) is 114 Å². The van der Waals surface area contributed by atoms with Gasteiger partial charge < -0.3 is 47.9 Å². The molecule has 0 unspecified atom stereocenters. The van der Waals surface area contributed by atoms with Gasteiger partial charge >= 0.3 is 0 Å². The summed E-state index contributed by atoms with van der Waals surface area (Å²) < 4.78 is 56.1. The van der Waals surface area contributed by atoms with Gasteiger partial charge in [0.05, 0.1) is 52.9 Å². The third kappa shape index (κ3) is 37.7. The van der Waals surface area contributed by atoms with Crippen molar-refractivity contribution in [2.45, 2.75) is 466 Å². The molecule has 714 valence electrons. The summed E-state index contributed by atoms with van der Waals surface area (Å²) in [5.74, 6) is 7.39. The van der Waals surface area contributed by atoms with Gasteiger partial charge in [-0.05, 0) is 99.9 Å². The number of hydrogen-bond acceptors (Lipinski definition) is 14. The zero-order valence-electron chi connectivity index (χ0n) is 82.5. The van der Waals surface area contributed by atoms with E-state index in [1.165, 1.54) is 308 Å². The lowest BCUT2D eigenvalue weighted by Crippen LogP contribution is -2.03. The molecule has 0 amide bonds. The van der Waals surface area contributed by atoms with Gasteiger partial charge in [0.25, 0.3) is 0 Å². The molecule has 2 aliphatic heterocycles. The molecule has 0 saturated heterocycles. The van der Waals surface area contributed by atoms with E-state index in [1.54, 1.807) is 0 Å². The lowest BCUT2D eigenvalue weighted by Gasteiger charge is -2.15. The van der Waals surface area contributed by atoms with Crippen LogP contribution in [0.15, 0.2) is 48.5 Å². The number of benzene rings is 4. The minimum absolute atomic E-state index is 0.479. The lowest BCUT2D eigenvalue weighted by molar-refractivity contribution is 0.258. The quantitative estimate of drug-likeness (QED) is 0.0343. The highest BCUT2D eigenvalue weighted by Gasteiger charge is 2.29. The SMILES string of the molecule is CCCCCCCCCCOc1cc2c(cc1OCCCCCCCCCC)-c1nc-2nc2[nH]c(nc3nc(nc4[nH]c(n1)c1cc(OCCCCCCCCCC)c(OCCCCCCCCCC)cc41)-c1cc(OCCCCCCCCCC)c(OCCCCCCCCCC)cc1-3)c1cc(OCCCCCCCCCC)c(OCCCCCCCCCC)cc21. The fourth-order valence-electron chi connectivity index (χ4n) is 18.1. The number of hydrogen-bond donors (Lipinski definition) is 2. The van der Waals surface area contributed by atoms with Crippen molar-refractivity contribution in [3.63, 3.8) is 0 Å². The molecule has 2 N–H and O–H groups in total. The summed E-state index contributed by atoms with van der Waals surface area (Å²) in [6, 6.07) is 17.0. The summed E-state index contributed by atoms with van der Waals surface area (Å²) in [5, 5.41) is 3.26. The first-order chi connectivity index (χ1) is 63.3. The van der Waals surface area contributed by atoms with E-state index < -0.39 is 0 Å². The van der Waals surface area contributed by atoms with Crippen molar-refractivity contribution in [2.75, 3.05) is 52.9 Å². The largest absolute Gasteiger partial charge is 0.490 e. The smallest absolute Gasteiger partial charge is 0.164 e. The van der Waals surface area contributed by atoms with E-state index in [1.807, 2.05) is 0 Å². The van der Waals surface area contributed by atoms with Gasteiger partial charge in [-0.25, -0.2) is 29.9 Å². The van der Waals surface area contributed by atoms with E-state index in [0.717, 1.165) is 147 Å². The van der Waals surface area contributed by atoms with Crippen molar-refractivity contribution in [1.82, 2.24) is 39.9 Å².